The lowest BCUT2D eigenvalue weighted by Crippen LogP contribution is -2.31. The average molecular weight is 380 g/mol. The van der Waals surface area contributed by atoms with Gasteiger partial charge in [-0.2, -0.15) is 0 Å². The van der Waals surface area contributed by atoms with Gasteiger partial charge in [-0.25, -0.2) is 0 Å². The zero-order valence-electron chi connectivity index (χ0n) is 16.4. The summed E-state index contributed by atoms with van der Waals surface area (Å²) in [7, 11) is 4.65. The van der Waals surface area contributed by atoms with Crippen molar-refractivity contribution in [2.24, 2.45) is 0 Å². The molecule has 6 heteroatoms. The van der Waals surface area contributed by atoms with Crippen LogP contribution in [-0.4, -0.2) is 33.3 Å². The Kier molecular flexibility index (Phi) is 5.89. The number of hydrogen-bond acceptors (Lipinski definition) is 5. The first-order valence-electron chi connectivity index (χ1n) is 8.92. The van der Waals surface area contributed by atoms with E-state index >= 15 is 0 Å². The molecule has 3 rings (SSSR count). The summed E-state index contributed by atoms with van der Waals surface area (Å²) >= 11 is 0. The summed E-state index contributed by atoms with van der Waals surface area (Å²) in [6, 6.07) is 16.9. The number of anilines is 2. The van der Waals surface area contributed by atoms with Crippen molar-refractivity contribution >= 4 is 28.1 Å². The Morgan fingerprint density at radius 3 is 2.07 bits per heavy atom. The minimum atomic E-state index is -0.478. The molecule has 0 aromatic heterocycles. The minimum Gasteiger partial charge on any atom is -0.493 e. The van der Waals surface area contributed by atoms with Crippen molar-refractivity contribution in [1.29, 1.82) is 0 Å². The molecule has 146 valence electrons. The van der Waals surface area contributed by atoms with Crippen molar-refractivity contribution in [1.82, 2.24) is 0 Å². The fraction of sp³-hybridized carbons (Fsp3) is 0.227. The van der Waals surface area contributed by atoms with Gasteiger partial charge in [0.1, 0.15) is 6.04 Å². The van der Waals surface area contributed by atoms with Crippen LogP contribution in [0.1, 0.15) is 6.92 Å². The molecule has 0 spiro atoms. The second kappa shape index (κ2) is 8.52. The van der Waals surface area contributed by atoms with Crippen molar-refractivity contribution in [3.63, 3.8) is 0 Å². The maximum Gasteiger partial charge on any atom is 0.246 e. The number of rotatable bonds is 7. The molecule has 0 aliphatic carbocycles. The van der Waals surface area contributed by atoms with Gasteiger partial charge in [-0.3, -0.25) is 4.79 Å². The smallest absolute Gasteiger partial charge is 0.246 e. The van der Waals surface area contributed by atoms with Gasteiger partial charge in [0.25, 0.3) is 0 Å². The molecular weight excluding hydrogens is 356 g/mol. The summed E-state index contributed by atoms with van der Waals surface area (Å²) in [4.78, 5) is 12.6. The van der Waals surface area contributed by atoms with Crippen LogP contribution in [0.4, 0.5) is 11.4 Å². The monoisotopic (exact) mass is 380 g/mol. The molecule has 3 aromatic carbocycles. The van der Waals surface area contributed by atoms with Crippen LogP contribution >= 0.6 is 0 Å². The summed E-state index contributed by atoms with van der Waals surface area (Å²) in [5, 5.41) is 8.32. The first-order valence-corrected chi connectivity index (χ1v) is 8.92. The van der Waals surface area contributed by atoms with Gasteiger partial charge in [-0.15, -0.1) is 0 Å². The number of ether oxygens (including phenoxy) is 3. The van der Waals surface area contributed by atoms with Crippen LogP contribution in [0.15, 0.2) is 54.6 Å². The maximum absolute atomic E-state index is 12.6. The van der Waals surface area contributed by atoms with E-state index in [1.807, 2.05) is 42.5 Å². The van der Waals surface area contributed by atoms with Gasteiger partial charge in [0.15, 0.2) is 11.5 Å². The first kappa shape index (κ1) is 19.4. The van der Waals surface area contributed by atoms with Crippen molar-refractivity contribution in [2.75, 3.05) is 32.0 Å². The van der Waals surface area contributed by atoms with Gasteiger partial charge in [-0.1, -0.05) is 30.3 Å². The number of benzene rings is 3. The molecular formula is C22H24N2O4. The molecule has 0 saturated heterocycles. The van der Waals surface area contributed by atoms with E-state index in [0.29, 0.717) is 22.9 Å². The molecule has 0 saturated carbocycles. The average Bonchev–Trinajstić information content (AvgIpc) is 2.72. The summed E-state index contributed by atoms with van der Waals surface area (Å²) in [6.45, 7) is 1.79. The van der Waals surface area contributed by atoms with Crippen LogP contribution in [0.2, 0.25) is 0 Å². The molecule has 0 unspecified atom stereocenters. The molecule has 0 aliphatic rings. The van der Waals surface area contributed by atoms with E-state index in [-0.39, 0.29) is 5.91 Å². The number of nitrogens with one attached hydrogen (secondary N) is 2. The van der Waals surface area contributed by atoms with Crippen LogP contribution in [0.25, 0.3) is 10.8 Å². The number of hydrogen-bond donors (Lipinski definition) is 2. The Morgan fingerprint density at radius 1 is 0.821 bits per heavy atom. The molecule has 2 N–H and O–H groups in total. The molecule has 3 aromatic rings. The summed E-state index contributed by atoms with van der Waals surface area (Å²) < 4.78 is 16.0. The van der Waals surface area contributed by atoms with Gasteiger partial charge in [-0.05, 0) is 29.8 Å². The van der Waals surface area contributed by atoms with Crippen LogP contribution in [-0.2, 0) is 4.79 Å². The highest BCUT2D eigenvalue weighted by Crippen LogP contribution is 2.40. The molecule has 0 bridgehead atoms. The fourth-order valence-electron chi connectivity index (χ4n) is 3.00. The van der Waals surface area contributed by atoms with Crippen molar-refractivity contribution in [2.45, 2.75) is 13.0 Å². The Morgan fingerprint density at radius 2 is 1.46 bits per heavy atom. The number of methoxy groups -OCH3 is 3. The lowest BCUT2D eigenvalue weighted by molar-refractivity contribution is -0.116. The fourth-order valence-corrected chi connectivity index (χ4v) is 3.00. The van der Waals surface area contributed by atoms with Crippen molar-refractivity contribution in [3.05, 3.63) is 54.6 Å². The molecule has 0 aliphatic heterocycles. The van der Waals surface area contributed by atoms with Crippen molar-refractivity contribution in [3.8, 4) is 17.2 Å². The molecule has 1 atom stereocenters. The predicted molar refractivity (Wildman–Crippen MR) is 112 cm³/mol. The summed E-state index contributed by atoms with van der Waals surface area (Å²) in [5.74, 6) is 1.39. The molecule has 6 nitrogen and oxygen atoms in total. The number of fused-ring (bicyclic) bond motifs is 1. The molecule has 1 amide bonds. The van der Waals surface area contributed by atoms with E-state index < -0.39 is 6.04 Å². The van der Waals surface area contributed by atoms with Gasteiger partial charge in [0.05, 0.1) is 21.3 Å². The van der Waals surface area contributed by atoms with E-state index in [4.69, 9.17) is 14.2 Å². The second-order valence-corrected chi connectivity index (χ2v) is 6.33. The summed E-state index contributed by atoms with van der Waals surface area (Å²) in [5.41, 5.74) is 1.44. The second-order valence-electron chi connectivity index (χ2n) is 6.33. The number of amides is 1. The largest absolute Gasteiger partial charge is 0.493 e. The molecule has 0 radical (unpaired) electrons. The van der Waals surface area contributed by atoms with E-state index in [1.54, 1.807) is 40.4 Å². The van der Waals surface area contributed by atoms with Crippen LogP contribution < -0.4 is 24.8 Å². The van der Waals surface area contributed by atoms with E-state index in [1.165, 1.54) is 0 Å². The predicted octanol–water partition coefficient (Wildman–Crippen LogP) is 4.30. The summed E-state index contributed by atoms with van der Waals surface area (Å²) in [6.07, 6.45) is 0. The standard InChI is InChI=1S/C22H24N2O4/c1-14(23-18-12-19(26-2)21(28-4)20(13-18)27-3)22(25)24-17-10-9-15-7-5-6-8-16(15)11-17/h5-14,23H,1-4H3,(H,24,25)/t14-/m1/s1. The lowest BCUT2D eigenvalue weighted by Gasteiger charge is -2.18. The Balaban J connectivity index is 1.74. The van der Waals surface area contributed by atoms with Crippen molar-refractivity contribution < 1.29 is 19.0 Å². The Labute approximate surface area is 164 Å². The third-order valence-corrected chi connectivity index (χ3v) is 4.46. The highest BCUT2D eigenvalue weighted by molar-refractivity contribution is 5.98. The van der Waals surface area contributed by atoms with Gasteiger partial charge < -0.3 is 24.8 Å². The number of carbonyl (C=O) groups is 1. The lowest BCUT2D eigenvalue weighted by atomic mass is 10.1. The highest BCUT2D eigenvalue weighted by atomic mass is 16.5. The first-order chi connectivity index (χ1) is 13.5. The van der Waals surface area contributed by atoms with Gasteiger partial charge in [0.2, 0.25) is 11.7 Å². The highest BCUT2D eigenvalue weighted by Gasteiger charge is 2.17. The zero-order chi connectivity index (χ0) is 20.1. The SMILES string of the molecule is COc1cc(N[C@H](C)C(=O)Nc2ccc3ccccc3c2)cc(OC)c1OC. The van der Waals surface area contributed by atoms with Gasteiger partial charge >= 0.3 is 0 Å². The Bertz CT molecular complexity index is 962. The van der Waals surface area contributed by atoms with Crippen LogP contribution in [0.5, 0.6) is 17.2 Å². The topological polar surface area (TPSA) is 68.8 Å². The molecule has 0 heterocycles. The number of carbonyl (C=O) groups excluding carboxylic acids is 1. The van der Waals surface area contributed by atoms with Gasteiger partial charge in [0, 0.05) is 23.5 Å². The van der Waals surface area contributed by atoms with E-state index in [9.17, 15) is 4.79 Å². The van der Waals surface area contributed by atoms with Crippen LogP contribution in [0.3, 0.4) is 0 Å². The third-order valence-electron chi connectivity index (χ3n) is 4.46. The van der Waals surface area contributed by atoms with E-state index in [0.717, 1.165) is 16.5 Å². The Hall–Kier alpha value is -3.41. The molecule has 0 fully saturated rings. The van der Waals surface area contributed by atoms with E-state index in [2.05, 4.69) is 10.6 Å². The normalized spacial score (nSPS) is 11.6. The quantitative estimate of drug-likeness (QED) is 0.639. The third kappa shape index (κ3) is 4.11. The maximum atomic E-state index is 12.6. The molecule has 28 heavy (non-hydrogen) atoms. The zero-order valence-corrected chi connectivity index (χ0v) is 16.4. The minimum absolute atomic E-state index is 0.149. The van der Waals surface area contributed by atoms with Crippen LogP contribution in [0, 0.1) is 0 Å².